The van der Waals surface area contributed by atoms with Crippen LogP contribution in [0, 0.1) is 0 Å². The van der Waals surface area contributed by atoms with E-state index in [0.717, 1.165) is 12.8 Å². The molecule has 1 aromatic carbocycles. The van der Waals surface area contributed by atoms with Crippen molar-refractivity contribution in [3.8, 4) is 0 Å². The molecular formula is C12H16N2O3S. The van der Waals surface area contributed by atoms with E-state index in [9.17, 15) is 9.00 Å². The van der Waals surface area contributed by atoms with Gasteiger partial charge in [0, 0.05) is 28.3 Å². The number of anilines is 2. The van der Waals surface area contributed by atoms with Crippen molar-refractivity contribution in [3.05, 3.63) is 23.8 Å². The Morgan fingerprint density at radius 2 is 2.06 bits per heavy atom. The van der Waals surface area contributed by atoms with Gasteiger partial charge in [-0.1, -0.05) is 0 Å². The number of carboxylic acid groups (broad SMARTS) is 1. The number of hydrogen-bond donors (Lipinski definition) is 3. The lowest BCUT2D eigenvalue weighted by Crippen LogP contribution is -2.29. The zero-order valence-electron chi connectivity index (χ0n) is 9.89. The van der Waals surface area contributed by atoms with Gasteiger partial charge >= 0.3 is 5.97 Å². The second-order valence-corrected chi connectivity index (χ2v) is 6.07. The number of hydrogen-bond acceptors (Lipinski definition) is 4. The number of benzene rings is 1. The molecular weight excluding hydrogens is 252 g/mol. The molecule has 1 aliphatic rings. The van der Waals surface area contributed by atoms with E-state index >= 15 is 0 Å². The first-order valence-electron chi connectivity index (χ1n) is 5.80. The van der Waals surface area contributed by atoms with E-state index in [1.54, 1.807) is 12.1 Å². The molecule has 0 saturated carbocycles. The van der Waals surface area contributed by atoms with Crippen LogP contribution in [0.2, 0.25) is 0 Å². The van der Waals surface area contributed by atoms with Crippen LogP contribution >= 0.6 is 0 Å². The lowest BCUT2D eigenvalue weighted by atomic mass is 10.1. The van der Waals surface area contributed by atoms with Gasteiger partial charge in [-0.3, -0.25) is 4.21 Å². The number of nitrogens with one attached hydrogen (secondary N) is 1. The van der Waals surface area contributed by atoms with Gasteiger partial charge in [0.1, 0.15) is 0 Å². The smallest absolute Gasteiger partial charge is 0.335 e. The van der Waals surface area contributed by atoms with Crippen molar-refractivity contribution in [2.75, 3.05) is 22.6 Å². The van der Waals surface area contributed by atoms with Crippen molar-refractivity contribution in [2.45, 2.75) is 18.9 Å². The molecule has 6 heteroatoms. The van der Waals surface area contributed by atoms with Crippen molar-refractivity contribution >= 4 is 28.1 Å². The van der Waals surface area contributed by atoms with Gasteiger partial charge in [-0.15, -0.1) is 0 Å². The van der Waals surface area contributed by atoms with E-state index in [4.69, 9.17) is 10.8 Å². The van der Waals surface area contributed by atoms with Crippen LogP contribution in [0.15, 0.2) is 18.2 Å². The van der Waals surface area contributed by atoms with Gasteiger partial charge < -0.3 is 16.2 Å². The molecule has 5 nitrogen and oxygen atoms in total. The monoisotopic (exact) mass is 268 g/mol. The zero-order valence-corrected chi connectivity index (χ0v) is 10.7. The Labute approximate surface area is 108 Å². The number of nitrogen functional groups attached to an aromatic ring is 1. The maximum Gasteiger partial charge on any atom is 0.335 e. The van der Waals surface area contributed by atoms with Crippen LogP contribution in [-0.4, -0.2) is 32.8 Å². The molecule has 1 fully saturated rings. The summed E-state index contributed by atoms with van der Waals surface area (Å²) >= 11 is 0. The first-order valence-corrected chi connectivity index (χ1v) is 7.29. The highest BCUT2D eigenvalue weighted by molar-refractivity contribution is 7.85. The average Bonchev–Trinajstić information content (AvgIpc) is 2.34. The molecule has 0 atom stereocenters. The standard InChI is InChI=1S/C12H16N2O3S/c13-10-2-1-8(12(15)16)7-11(10)14-9-3-5-18(17)6-4-9/h1-2,7,9,14H,3-6,13H2,(H,15,16). The number of carboxylic acids is 1. The molecule has 0 unspecified atom stereocenters. The minimum atomic E-state index is -0.970. The fourth-order valence-corrected chi connectivity index (χ4v) is 3.27. The molecule has 18 heavy (non-hydrogen) atoms. The highest BCUT2D eigenvalue weighted by atomic mass is 32.2. The van der Waals surface area contributed by atoms with Crippen molar-refractivity contribution < 1.29 is 14.1 Å². The Morgan fingerprint density at radius 3 is 2.67 bits per heavy atom. The second kappa shape index (κ2) is 5.39. The zero-order chi connectivity index (χ0) is 13.1. The molecule has 0 aliphatic carbocycles. The van der Waals surface area contributed by atoms with Crippen LogP contribution in [0.25, 0.3) is 0 Å². The number of rotatable bonds is 3. The number of carbonyl (C=O) groups is 1. The topological polar surface area (TPSA) is 92.4 Å². The molecule has 0 amide bonds. The summed E-state index contributed by atoms with van der Waals surface area (Å²) in [5, 5.41) is 12.2. The van der Waals surface area contributed by atoms with Crippen LogP contribution in [0.3, 0.4) is 0 Å². The van der Waals surface area contributed by atoms with E-state index in [1.165, 1.54) is 6.07 Å². The van der Waals surface area contributed by atoms with E-state index in [1.807, 2.05) is 0 Å². The van der Waals surface area contributed by atoms with Gasteiger partial charge in [0.25, 0.3) is 0 Å². The minimum Gasteiger partial charge on any atom is -0.478 e. The van der Waals surface area contributed by atoms with Crippen molar-refractivity contribution in [1.29, 1.82) is 0 Å². The van der Waals surface area contributed by atoms with Crippen molar-refractivity contribution in [1.82, 2.24) is 0 Å². The van der Waals surface area contributed by atoms with E-state index in [2.05, 4.69) is 5.32 Å². The fourth-order valence-electron chi connectivity index (χ4n) is 1.97. The van der Waals surface area contributed by atoms with E-state index in [0.29, 0.717) is 22.9 Å². The first kappa shape index (κ1) is 12.9. The lowest BCUT2D eigenvalue weighted by Gasteiger charge is -2.24. The van der Waals surface area contributed by atoms with Crippen molar-refractivity contribution in [3.63, 3.8) is 0 Å². The first-order chi connectivity index (χ1) is 8.56. The molecule has 0 spiro atoms. The fraction of sp³-hybridized carbons (Fsp3) is 0.417. The molecule has 1 aromatic rings. The maximum atomic E-state index is 11.3. The summed E-state index contributed by atoms with van der Waals surface area (Å²) in [7, 11) is -0.701. The summed E-state index contributed by atoms with van der Waals surface area (Å²) in [6.45, 7) is 0. The summed E-state index contributed by atoms with van der Waals surface area (Å²) in [6, 6.07) is 4.84. The Kier molecular flexibility index (Phi) is 3.86. The van der Waals surface area contributed by atoms with Crippen molar-refractivity contribution in [2.24, 2.45) is 0 Å². The quantitative estimate of drug-likeness (QED) is 0.718. The van der Waals surface area contributed by atoms with Gasteiger partial charge in [0.2, 0.25) is 0 Å². The molecule has 1 heterocycles. The molecule has 4 N–H and O–H groups in total. The summed E-state index contributed by atoms with van der Waals surface area (Å²) in [6.07, 6.45) is 1.65. The third kappa shape index (κ3) is 3.01. The third-order valence-corrected chi connectivity index (χ3v) is 4.43. The highest BCUT2D eigenvalue weighted by Crippen LogP contribution is 2.23. The largest absolute Gasteiger partial charge is 0.478 e. The van der Waals surface area contributed by atoms with E-state index in [-0.39, 0.29) is 11.6 Å². The molecule has 1 aliphatic heterocycles. The molecule has 98 valence electrons. The van der Waals surface area contributed by atoms with Gasteiger partial charge in [-0.25, -0.2) is 4.79 Å². The highest BCUT2D eigenvalue weighted by Gasteiger charge is 2.18. The van der Waals surface area contributed by atoms with Gasteiger partial charge in [0.15, 0.2) is 0 Å². The lowest BCUT2D eigenvalue weighted by molar-refractivity contribution is 0.0697. The average molecular weight is 268 g/mol. The SMILES string of the molecule is Nc1ccc(C(=O)O)cc1NC1CCS(=O)CC1. The van der Waals surface area contributed by atoms with Gasteiger partial charge in [-0.05, 0) is 31.0 Å². The summed E-state index contributed by atoms with van der Waals surface area (Å²) in [4.78, 5) is 10.9. The summed E-state index contributed by atoms with van der Waals surface area (Å²) in [5.74, 6) is 0.412. The number of aromatic carboxylic acids is 1. The van der Waals surface area contributed by atoms with Gasteiger partial charge in [-0.2, -0.15) is 0 Å². The normalized spacial score (nSPS) is 23.6. The van der Waals surface area contributed by atoms with Crippen LogP contribution in [0.5, 0.6) is 0 Å². The van der Waals surface area contributed by atoms with Crippen LogP contribution < -0.4 is 11.1 Å². The Hall–Kier alpha value is -1.56. The molecule has 0 radical (unpaired) electrons. The minimum absolute atomic E-state index is 0.214. The van der Waals surface area contributed by atoms with E-state index < -0.39 is 16.8 Å². The summed E-state index contributed by atoms with van der Waals surface area (Å²) in [5.41, 5.74) is 7.21. The summed E-state index contributed by atoms with van der Waals surface area (Å²) < 4.78 is 11.3. The van der Waals surface area contributed by atoms with Crippen LogP contribution in [0.4, 0.5) is 11.4 Å². The molecule has 2 rings (SSSR count). The molecule has 1 saturated heterocycles. The predicted octanol–water partition coefficient (Wildman–Crippen LogP) is 1.29. The Balaban J connectivity index is 2.10. The predicted molar refractivity (Wildman–Crippen MR) is 72.3 cm³/mol. The Bertz CT molecular complexity index is 480. The molecule has 0 aromatic heterocycles. The molecule has 0 bridgehead atoms. The van der Waals surface area contributed by atoms with Crippen LogP contribution in [0.1, 0.15) is 23.2 Å². The van der Waals surface area contributed by atoms with Gasteiger partial charge in [0.05, 0.1) is 16.9 Å². The Morgan fingerprint density at radius 1 is 1.39 bits per heavy atom. The van der Waals surface area contributed by atoms with Crippen LogP contribution in [-0.2, 0) is 10.8 Å². The third-order valence-electron chi connectivity index (χ3n) is 3.05. The number of nitrogens with two attached hydrogens (primary N) is 1. The second-order valence-electron chi connectivity index (χ2n) is 4.37. The maximum absolute atomic E-state index is 11.3.